The Morgan fingerprint density at radius 1 is 1.16 bits per heavy atom. The number of alkyl halides is 3. The molecule has 136 valence electrons. The summed E-state index contributed by atoms with van der Waals surface area (Å²) < 4.78 is 31.7. The molecule has 2 aromatic rings. The van der Waals surface area contributed by atoms with Crippen LogP contribution in [0.1, 0.15) is 18.9 Å². The third-order valence-electron chi connectivity index (χ3n) is 3.11. The van der Waals surface area contributed by atoms with Crippen molar-refractivity contribution in [3.8, 4) is 0 Å². The van der Waals surface area contributed by atoms with Crippen molar-refractivity contribution in [2.24, 2.45) is 5.73 Å². The van der Waals surface area contributed by atoms with Gasteiger partial charge in [0.05, 0.1) is 0 Å². The second-order valence-electron chi connectivity index (χ2n) is 5.40. The first-order chi connectivity index (χ1) is 11.6. The number of carbonyl (C=O) groups is 2. The molecule has 0 saturated carbocycles. The summed E-state index contributed by atoms with van der Waals surface area (Å²) in [5.74, 6) is -2.76. The van der Waals surface area contributed by atoms with E-state index < -0.39 is 12.1 Å². The van der Waals surface area contributed by atoms with Crippen LogP contribution in [0.2, 0.25) is 0 Å². The molecule has 0 heterocycles. The number of hydrogen-bond acceptors (Lipinski definition) is 3. The minimum Gasteiger partial charge on any atom is -0.475 e. The molecule has 0 aliphatic carbocycles. The van der Waals surface area contributed by atoms with E-state index in [1.165, 1.54) is 10.8 Å². The predicted molar refractivity (Wildman–Crippen MR) is 87.8 cm³/mol. The fourth-order valence-electron chi connectivity index (χ4n) is 2.01. The van der Waals surface area contributed by atoms with Gasteiger partial charge in [0, 0.05) is 19.0 Å². The number of benzene rings is 2. The van der Waals surface area contributed by atoms with E-state index >= 15 is 0 Å². The van der Waals surface area contributed by atoms with E-state index in [1.807, 2.05) is 31.2 Å². The van der Waals surface area contributed by atoms with E-state index in [9.17, 15) is 18.0 Å². The Balaban J connectivity index is 0.000000381. The van der Waals surface area contributed by atoms with Gasteiger partial charge in [-0.15, -0.1) is 0 Å². The van der Waals surface area contributed by atoms with Crippen molar-refractivity contribution in [3.63, 3.8) is 0 Å². The van der Waals surface area contributed by atoms with Crippen molar-refractivity contribution in [1.82, 2.24) is 5.32 Å². The summed E-state index contributed by atoms with van der Waals surface area (Å²) in [5.41, 5.74) is 6.72. The minimum absolute atomic E-state index is 0.00191. The van der Waals surface area contributed by atoms with Crippen LogP contribution in [0.4, 0.5) is 13.2 Å². The quantitative estimate of drug-likeness (QED) is 0.785. The molecular formula is C17H19F3N2O3. The maximum atomic E-state index is 11.6. The Kier molecular flexibility index (Phi) is 7.38. The lowest BCUT2D eigenvalue weighted by atomic mass is 10.0. The maximum absolute atomic E-state index is 11.6. The number of hydrogen-bond donors (Lipinski definition) is 3. The number of aliphatic carboxylic acids is 1. The zero-order valence-electron chi connectivity index (χ0n) is 13.5. The molecule has 0 fully saturated rings. The Labute approximate surface area is 142 Å². The number of carbonyl (C=O) groups excluding carboxylic acids is 1. The molecular weight excluding hydrogens is 337 g/mol. The van der Waals surface area contributed by atoms with Crippen molar-refractivity contribution >= 4 is 22.6 Å². The van der Waals surface area contributed by atoms with Gasteiger partial charge in [0.25, 0.3) is 0 Å². The summed E-state index contributed by atoms with van der Waals surface area (Å²) in [4.78, 5) is 20.5. The number of rotatable bonds is 4. The smallest absolute Gasteiger partial charge is 0.475 e. The van der Waals surface area contributed by atoms with E-state index in [0.29, 0.717) is 13.0 Å². The van der Waals surface area contributed by atoms with Gasteiger partial charge in [0.2, 0.25) is 5.91 Å². The molecule has 0 radical (unpaired) electrons. The van der Waals surface area contributed by atoms with Crippen LogP contribution in [-0.4, -0.2) is 29.2 Å². The van der Waals surface area contributed by atoms with Crippen LogP contribution in [0, 0.1) is 0 Å². The first-order valence-electron chi connectivity index (χ1n) is 7.40. The zero-order valence-corrected chi connectivity index (χ0v) is 13.5. The molecule has 5 nitrogen and oxygen atoms in total. The molecule has 25 heavy (non-hydrogen) atoms. The molecule has 0 bridgehead atoms. The first kappa shape index (κ1) is 20.4. The van der Waals surface area contributed by atoms with Gasteiger partial charge in [-0.05, 0) is 23.3 Å². The molecule has 8 heteroatoms. The Morgan fingerprint density at radius 3 is 2.28 bits per heavy atom. The topological polar surface area (TPSA) is 92.4 Å². The molecule has 1 amide bonds. The summed E-state index contributed by atoms with van der Waals surface area (Å²) in [5, 5.41) is 12.4. The van der Waals surface area contributed by atoms with Crippen molar-refractivity contribution in [1.29, 1.82) is 0 Å². The summed E-state index contributed by atoms with van der Waals surface area (Å²) in [6.07, 6.45) is -4.72. The average Bonchev–Trinajstić information content (AvgIpc) is 2.52. The van der Waals surface area contributed by atoms with Crippen LogP contribution in [0.25, 0.3) is 10.8 Å². The summed E-state index contributed by atoms with van der Waals surface area (Å²) in [6, 6.07) is 14.2. The number of fused-ring (bicyclic) bond motifs is 1. The van der Waals surface area contributed by atoms with Crippen LogP contribution in [0.3, 0.4) is 0 Å². The third kappa shape index (κ3) is 7.21. The Hall–Kier alpha value is -2.61. The number of nitrogens with one attached hydrogen (secondary N) is 1. The lowest BCUT2D eigenvalue weighted by molar-refractivity contribution is -0.192. The minimum atomic E-state index is -5.08. The Morgan fingerprint density at radius 2 is 1.72 bits per heavy atom. The SMILES string of the molecule is C[C@H](N)CC(=O)NCc1cccc2ccccc12.O=C(O)C(F)(F)F. The lowest BCUT2D eigenvalue weighted by Gasteiger charge is -2.09. The molecule has 1 atom stereocenters. The number of amides is 1. The predicted octanol–water partition coefficient (Wildman–Crippen LogP) is 2.83. The van der Waals surface area contributed by atoms with E-state index in [1.54, 1.807) is 0 Å². The largest absolute Gasteiger partial charge is 0.490 e. The fraction of sp³-hybridized carbons (Fsp3) is 0.294. The highest BCUT2D eigenvalue weighted by Crippen LogP contribution is 2.18. The molecule has 0 spiro atoms. The van der Waals surface area contributed by atoms with Crippen molar-refractivity contribution in [3.05, 3.63) is 48.0 Å². The highest BCUT2D eigenvalue weighted by molar-refractivity contribution is 5.86. The fourth-order valence-corrected chi connectivity index (χ4v) is 2.01. The van der Waals surface area contributed by atoms with Gasteiger partial charge in [-0.3, -0.25) is 4.79 Å². The number of carboxylic acid groups (broad SMARTS) is 1. The van der Waals surface area contributed by atoms with Gasteiger partial charge in [0.15, 0.2) is 0 Å². The van der Waals surface area contributed by atoms with E-state index in [0.717, 1.165) is 5.56 Å². The molecule has 2 aromatic carbocycles. The van der Waals surface area contributed by atoms with Crippen LogP contribution in [0.5, 0.6) is 0 Å². The van der Waals surface area contributed by atoms with Crippen LogP contribution in [0.15, 0.2) is 42.5 Å². The lowest BCUT2D eigenvalue weighted by Crippen LogP contribution is -2.29. The number of carboxylic acids is 1. The van der Waals surface area contributed by atoms with E-state index in [2.05, 4.69) is 23.5 Å². The highest BCUT2D eigenvalue weighted by Gasteiger charge is 2.38. The summed E-state index contributed by atoms with van der Waals surface area (Å²) >= 11 is 0. The molecule has 0 unspecified atom stereocenters. The van der Waals surface area contributed by atoms with Crippen LogP contribution >= 0.6 is 0 Å². The number of halogens is 3. The molecule has 0 aliphatic heterocycles. The zero-order chi connectivity index (χ0) is 19.0. The third-order valence-corrected chi connectivity index (χ3v) is 3.11. The second kappa shape index (κ2) is 9.03. The molecule has 0 aromatic heterocycles. The normalized spacial score (nSPS) is 12.0. The monoisotopic (exact) mass is 356 g/mol. The van der Waals surface area contributed by atoms with Crippen LogP contribution < -0.4 is 11.1 Å². The molecule has 0 saturated heterocycles. The van der Waals surface area contributed by atoms with E-state index in [4.69, 9.17) is 15.6 Å². The average molecular weight is 356 g/mol. The first-order valence-corrected chi connectivity index (χ1v) is 7.40. The maximum Gasteiger partial charge on any atom is 0.490 e. The summed E-state index contributed by atoms with van der Waals surface area (Å²) in [7, 11) is 0. The number of nitrogens with two attached hydrogens (primary N) is 1. The van der Waals surface area contributed by atoms with Crippen molar-refractivity contribution in [2.45, 2.75) is 32.1 Å². The second-order valence-corrected chi connectivity index (χ2v) is 5.40. The van der Waals surface area contributed by atoms with Gasteiger partial charge in [-0.2, -0.15) is 13.2 Å². The standard InChI is InChI=1S/C15H18N2O.C2HF3O2/c1-11(16)9-15(18)17-10-13-7-4-6-12-5-2-3-8-14(12)13;3-2(4,5)1(6)7/h2-8,11H,9-10,16H2,1H3,(H,17,18);(H,6,7)/t11-;/m0./s1. The van der Waals surface area contributed by atoms with Crippen molar-refractivity contribution in [2.75, 3.05) is 0 Å². The van der Waals surface area contributed by atoms with Crippen molar-refractivity contribution < 1.29 is 27.9 Å². The highest BCUT2D eigenvalue weighted by atomic mass is 19.4. The van der Waals surface area contributed by atoms with Gasteiger partial charge in [-0.25, -0.2) is 4.79 Å². The van der Waals surface area contributed by atoms with Crippen LogP contribution in [-0.2, 0) is 16.1 Å². The van der Waals surface area contributed by atoms with E-state index in [-0.39, 0.29) is 11.9 Å². The van der Waals surface area contributed by atoms with Gasteiger partial charge in [-0.1, -0.05) is 42.5 Å². The molecule has 0 aliphatic rings. The Bertz CT molecular complexity index is 725. The molecule has 2 rings (SSSR count). The summed E-state index contributed by atoms with van der Waals surface area (Å²) in [6.45, 7) is 2.38. The molecule has 4 N–H and O–H groups in total. The van der Waals surface area contributed by atoms with Gasteiger partial charge >= 0.3 is 12.1 Å². The van der Waals surface area contributed by atoms with Gasteiger partial charge in [0.1, 0.15) is 0 Å². The van der Waals surface area contributed by atoms with Gasteiger partial charge < -0.3 is 16.2 Å².